The van der Waals surface area contributed by atoms with Crippen LogP contribution in [0.4, 0.5) is 13.2 Å². The van der Waals surface area contributed by atoms with Crippen LogP contribution >= 0.6 is 0 Å². The Morgan fingerprint density at radius 3 is 2.52 bits per heavy atom. The topological polar surface area (TPSA) is 62.6 Å². The average Bonchev–Trinajstić information content (AvgIpc) is 3.03. The molecule has 9 heteroatoms. The van der Waals surface area contributed by atoms with Crippen molar-refractivity contribution in [3.8, 4) is 11.4 Å². The minimum Gasteiger partial charge on any atom is -0.500 e. The Bertz CT molecular complexity index is 797. The minimum absolute atomic E-state index is 0.210. The molecule has 0 radical (unpaired) electrons. The second-order valence-electron chi connectivity index (χ2n) is 4.96. The number of benzene rings is 1. The summed E-state index contributed by atoms with van der Waals surface area (Å²) in [7, 11) is 2.51. The molecule has 0 unspecified atom stereocenters. The molecule has 1 heterocycles. The van der Waals surface area contributed by atoms with E-state index in [1.54, 1.807) is 19.1 Å². The maximum absolute atomic E-state index is 12.7. The summed E-state index contributed by atoms with van der Waals surface area (Å²) in [5.74, 6) is -0.755. The van der Waals surface area contributed by atoms with E-state index in [4.69, 9.17) is 9.47 Å². The van der Waals surface area contributed by atoms with Gasteiger partial charge in [0.15, 0.2) is 5.69 Å². The summed E-state index contributed by atoms with van der Waals surface area (Å²) in [4.78, 5) is 11.6. The largest absolute Gasteiger partial charge is 0.500 e. The van der Waals surface area contributed by atoms with E-state index in [0.29, 0.717) is 11.3 Å². The smallest absolute Gasteiger partial charge is 0.435 e. The van der Waals surface area contributed by atoms with Gasteiger partial charge < -0.3 is 14.2 Å². The zero-order valence-corrected chi connectivity index (χ0v) is 13.6. The van der Waals surface area contributed by atoms with Crippen molar-refractivity contribution >= 4 is 5.97 Å². The van der Waals surface area contributed by atoms with Crippen LogP contribution in [-0.2, 0) is 20.4 Å². The third kappa shape index (κ3) is 4.52. The minimum atomic E-state index is -4.53. The summed E-state index contributed by atoms with van der Waals surface area (Å²) in [5.41, 5.74) is 0.0244. The van der Waals surface area contributed by atoms with Gasteiger partial charge in [0.05, 0.1) is 19.9 Å². The third-order valence-corrected chi connectivity index (χ3v) is 3.02. The molecule has 0 aliphatic carbocycles. The predicted octanol–water partition coefficient (Wildman–Crippen LogP) is 3.24. The SMILES string of the molecule is CO/C=C(\Oc1cc(C)cc(-n2ccc(C(F)(F)F)n2)c1)C(=O)OC. The Balaban J connectivity index is 2.36. The van der Waals surface area contributed by atoms with Gasteiger partial charge in [0.25, 0.3) is 0 Å². The second kappa shape index (κ2) is 7.29. The van der Waals surface area contributed by atoms with Crippen LogP contribution in [0, 0.1) is 6.92 Å². The fraction of sp³-hybridized carbons (Fsp3) is 0.250. The highest BCUT2D eigenvalue weighted by atomic mass is 19.4. The summed E-state index contributed by atoms with van der Waals surface area (Å²) < 4.78 is 53.9. The van der Waals surface area contributed by atoms with Gasteiger partial charge in [-0.25, -0.2) is 9.48 Å². The number of rotatable bonds is 5. The number of nitrogens with zero attached hydrogens (tertiary/aromatic N) is 2. The van der Waals surface area contributed by atoms with Gasteiger partial charge in [-0.1, -0.05) is 0 Å². The number of aryl methyl sites for hydroxylation is 1. The van der Waals surface area contributed by atoms with Crippen molar-refractivity contribution in [3.05, 3.63) is 53.7 Å². The molecule has 1 aromatic carbocycles. The van der Waals surface area contributed by atoms with E-state index in [9.17, 15) is 18.0 Å². The third-order valence-electron chi connectivity index (χ3n) is 3.02. The standard InChI is InChI=1S/C16H15F3N2O4/c1-10-6-11(21-5-4-14(20-21)16(17,18)19)8-12(7-10)25-13(9-23-2)15(22)24-3/h4-9H,1-3H3/b13-9-. The number of methoxy groups -OCH3 is 2. The molecule has 25 heavy (non-hydrogen) atoms. The lowest BCUT2D eigenvalue weighted by Gasteiger charge is -2.11. The monoisotopic (exact) mass is 356 g/mol. The van der Waals surface area contributed by atoms with E-state index >= 15 is 0 Å². The molecule has 0 saturated carbocycles. The zero-order valence-electron chi connectivity index (χ0n) is 13.6. The Morgan fingerprint density at radius 1 is 1.24 bits per heavy atom. The van der Waals surface area contributed by atoms with Crippen molar-refractivity contribution in [3.63, 3.8) is 0 Å². The molecule has 0 amide bonds. The lowest BCUT2D eigenvalue weighted by molar-refractivity contribution is -0.141. The first kappa shape index (κ1) is 18.4. The fourth-order valence-electron chi connectivity index (χ4n) is 1.99. The summed E-state index contributed by atoms with van der Waals surface area (Å²) in [6, 6.07) is 5.53. The summed E-state index contributed by atoms with van der Waals surface area (Å²) >= 11 is 0. The summed E-state index contributed by atoms with van der Waals surface area (Å²) in [5, 5.41) is 3.51. The van der Waals surface area contributed by atoms with Crippen molar-refractivity contribution in [2.45, 2.75) is 13.1 Å². The molecule has 6 nitrogen and oxygen atoms in total. The molecule has 0 atom stereocenters. The van der Waals surface area contributed by atoms with Crippen molar-refractivity contribution in [1.29, 1.82) is 0 Å². The van der Waals surface area contributed by atoms with Crippen LogP contribution in [0.2, 0.25) is 0 Å². The number of halogens is 3. The van der Waals surface area contributed by atoms with Gasteiger partial charge in [0.2, 0.25) is 5.76 Å². The Labute approximate surface area is 141 Å². The van der Waals surface area contributed by atoms with Crippen LogP contribution in [0.3, 0.4) is 0 Å². The lowest BCUT2D eigenvalue weighted by atomic mass is 10.2. The number of hydrogen-bond acceptors (Lipinski definition) is 5. The van der Waals surface area contributed by atoms with E-state index in [-0.39, 0.29) is 11.5 Å². The van der Waals surface area contributed by atoms with E-state index in [2.05, 4.69) is 9.84 Å². The maximum atomic E-state index is 12.7. The van der Waals surface area contributed by atoms with Gasteiger partial charge in [-0.3, -0.25) is 0 Å². The molecule has 0 fully saturated rings. The first-order chi connectivity index (χ1) is 11.7. The number of ether oxygens (including phenoxy) is 3. The van der Waals surface area contributed by atoms with Crippen molar-refractivity contribution in [2.75, 3.05) is 14.2 Å². The van der Waals surface area contributed by atoms with E-state index in [0.717, 1.165) is 17.0 Å². The van der Waals surface area contributed by atoms with Crippen molar-refractivity contribution in [1.82, 2.24) is 9.78 Å². The van der Waals surface area contributed by atoms with Gasteiger partial charge in [-0.05, 0) is 30.7 Å². The highest BCUT2D eigenvalue weighted by molar-refractivity contribution is 5.86. The fourth-order valence-corrected chi connectivity index (χ4v) is 1.99. The first-order valence-electron chi connectivity index (χ1n) is 6.98. The van der Waals surface area contributed by atoms with Gasteiger partial charge in [-0.15, -0.1) is 0 Å². The molecule has 0 bridgehead atoms. The number of alkyl halides is 3. The molecular formula is C16H15F3N2O4. The Kier molecular flexibility index (Phi) is 5.35. The number of aromatic nitrogens is 2. The molecule has 0 N–H and O–H groups in total. The highest BCUT2D eigenvalue weighted by Crippen LogP contribution is 2.29. The van der Waals surface area contributed by atoms with E-state index < -0.39 is 17.8 Å². The molecule has 2 aromatic rings. The molecule has 134 valence electrons. The molecule has 0 spiro atoms. The summed E-state index contributed by atoms with van der Waals surface area (Å²) in [6.07, 6.45) is -2.29. The predicted molar refractivity (Wildman–Crippen MR) is 81.0 cm³/mol. The number of esters is 1. The van der Waals surface area contributed by atoms with E-state index in [1.165, 1.54) is 26.5 Å². The molecule has 0 aliphatic heterocycles. The zero-order chi connectivity index (χ0) is 18.6. The number of carbonyl (C=O) groups is 1. The maximum Gasteiger partial charge on any atom is 0.435 e. The average molecular weight is 356 g/mol. The van der Waals surface area contributed by atoms with Crippen LogP contribution in [-0.4, -0.2) is 30.0 Å². The van der Waals surface area contributed by atoms with Gasteiger partial charge in [0.1, 0.15) is 12.0 Å². The molecule has 2 rings (SSSR count). The van der Waals surface area contributed by atoms with Gasteiger partial charge in [0, 0.05) is 12.3 Å². The second-order valence-corrected chi connectivity index (χ2v) is 4.96. The molecular weight excluding hydrogens is 341 g/mol. The van der Waals surface area contributed by atoms with Crippen LogP contribution in [0.5, 0.6) is 5.75 Å². The highest BCUT2D eigenvalue weighted by Gasteiger charge is 2.33. The van der Waals surface area contributed by atoms with Gasteiger partial charge >= 0.3 is 12.1 Å². The molecule has 1 aromatic heterocycles. The Hall–Kier alpha value is -2.97. The number of hydrogen-bond donors (Lipinski definition) is 0. The normalized spacial score (nSPS) is 12.0. The van der Waals surface area contributed by atoms with Crippen LogP contribution in [0.1, 0.15) is 11.3 Å². The molecule has 0 saturated heterocycles. The first-order valence-corrected chi connectivity index (χ1v) is 6.98. The lowest BCUT2D eigenvalue weighted by Crippen LogP contribution is -2.11. The molecule has 0 aliphatic rings. The quantitative estimate of drug-likeness (QED) is 0.468. The van der Waals surface area contributed by atoms with Crippen molar-refractivity contribution in [2.24, 2.45) is 0 Å². The summed E-state index contributed by atoms with van der Waals surface area (Å²) in [6.45, 7) is 1.72. The Morgan fingerprint density at radius 2 is 1.96 bits per heavy atom. The van der Waals surface area contributed by atoms with Crippen LogP contribution < -0.4 is 4.74 Å². The van der Waals surface area contributed by atoms with Crippen LogP contribution in [0.15, 0.2) is 42.5 Å². The number of carbonyl (C=O) groups excluding carboxylic acids is 1. The van der Waals surface area contributed by atoms with E-state index in [1.807, 2.05) is 0 Å². The van der Waals surface area contributed by atoms with Crippen LogP contribution in [0.25, 0.3) is 5.69 Å². The van der Waals surface area contributed by atoms with Gasteiger partial charge in [-0.2, -0.15) is 18.3 Å². The van der Waals surface area contributed by atoms with Crippen molar-refractivity contribution < 1.29 is 32.2 Å².